The summed E-state index contributed by atoms with van der Waals surface area (Å²) in [5.74, 6) is 0. The first kappa shape index (κ1) is 36.8. The van der Waals surface area contributed by atoms with Crippen LogP contribution < -0.4 is 0 Å². The van der Waals surface area contributed by atoms with Crippen LogP contribution in [0.3, 0.4) is 0 Å². The van der Waals surface area contributed by atoms with Gasteiger partial charge >= 0.3 is 52.1 Å². The van der Waals surface area contributed by atoms with Gasteiger partial charge < -0.3 is 0 Å². The molecule has 2 atom stereocenters. The number of halogens is 2. The van der Waals surface area contributed by atoms with Gasteiger partial charge in [-0.3, -0.25) is 12.8 Å². The third-order valence-corrected chi connectivity index (χ3v) is 15.3. The maximum Gasteiger partial charge on any atom is 2.00 e. The minimum Gasteiger partial charge on any atom is 2.00 e. The normalized spacial score (nSPS) is 22.2. The van der Waals surface area contributed by atoms with Gasteiger partial charge in [-0.25, -0.2) is 0 Å². The molecule has 0 amide bonds. The maximum absolute atomic E-state index is 4.81. The average molecular weight is 662 g/mol. The molecule has 2 rings (SSSR count). The zero-order valence-corrected chi connectivity index (χ0v) is 29.1. The molecule has 2 fully saturated rings. The largest absolute Gasteiger partial charge is 2.00 e. The van der Waals surface area contributed by atoms with Gasteiger partial charge in [-0.05, 0) is 123 Å². The Hall–Kier alpha value is 2.62. The van der Waals surface area contributed by atoms with Crippen LogP contribution in [0.2, 0.25) is 0 Å². The molecule has 2 aliphatic carbocycles. The van der Waals surface area contributed by atoms with E-state index in [9.17, 15) is 0 Å². The van der Waals surface area contributed by atoms with Crippen molar-refractivity contribution in [2.24, 2.45) is 0 Å². The third-order valence-electron chi connectivity index (χ3n) is 6.31. The van der Waals surface area contributed by atoms with Crippen LogP contribution in [0.1, 0.15) is 122 Å². The molecule has 0 aromatic rings. The predicted molar refractivity (Wildman–Crippen MR) is 151 cm³/mol. The minimum absolute atomic E-state index is 0. The zero-order valence-electron chi connectivity index (χ0n) is 23.0. The van der Waals surface area contributed by atoms with Gasteiger partial charge in [-0.15, -0.1) is 0 Å². The van der Waals surface area contributed by atoms with Crippen molar-refractivity contribution in [3.05, 3.63) is 12.8 Å². The Morgan fingerprint density at radius 1 is 0.594 bits per heavy atom. The van der Waals surface area contributed by atoms with E-state index in [4.69, 9.17) is 19.1 Å². The van der Waals surface area contributed by atoms with E-state index < -0.39 is 0 Å². The Labute approximate surface area is 232 Å². The van der Waals surface area contributed by atoms with Gasteiger partial charge in [0.25, 0.3) is 0 Å². The van der Waals surface area contributed by atoms with Crippen LogP contribution in [-0.2, 0) is 33.0 Å². The van der Waals surface area contributed by atoms with Crippen molar-refractivity contribution in [3.63, 3.8) is 0 Å². The van der Waals surface area contributed by atoms with Crippen LogP contribution in [-0.4, -0.2) is 31.9 Å². The monoisotopic (exact) mass is 660 g/mol. The molecule has 0 saturated heterocycles. The fourth-order valence-corrected chi connectivity index (χ4v) is 17.3. The van der Waals surface area contributed by atoms with Gasteiger partial charge in [0.2, 0.25) is 0 Å². The van der Waals surface area contributed by atoms with Crippen molar-refractivity contribution in [1.82, 2.24) is 0 Å². The van der Waals surface area contributed by atoms with Crippen LogP contribution in [0, 0.1) is 12.8 Å². The molecule has 32 heavy (non-hydrogen) atoms. The minimum atomic E-state index is -0.309. The maximum atomic E-state index is 4.81. The van der Waals surface area contributed by atoms with E-state index in [1.807, 2.05) is 0 Å². The van der Waals surface area contributed by atoms with Crippen LogP contribution >= 0.6 is 34.9 Å². The molecule has 0 aliphatic heterocycles. The Kier molecular flexibility index (Phi) is 18.1. The van der Waals surface area contributed by atoms with Crippen molar-refractivity contribution >= 4 is 34.9 Å². The second kappa shape index (κ2) is 15.8. The standard InChI is InChI=1S/2C13H26P.2ClH.Fe.Pd/c2*1-12(2,3)14(13(4,5)6)11-9-7-8-10-11;;;;/h2*9,11H,7-8,10H2,1-6H3;2*1H;;/q2*-1;;;2*+2. The summed E-state index contributed by atoms with van der Waals surface area (Å²) in [6, 6.07) is 0. The van der Waals surface area contributed by atoms with Crippen LogP contribution in [0.5, 0.6) is 0 Å². The summed E-state index contributed by atoms with van der Waals surface area (Å²) in [6.45, 7) is 29.3. The summed E-state index contributed by atoms with van der Waals surface area (Å²) in [4.78, 5) is 0. The van der Waals surface area contributed by atoms with E-state index in [0.29, 0.717) is 20.6 Å². The second-order valence-corrected chi connectivity index (χ2v) is 24.9. The Bertz CT molecular complexity index is 406. The second-order valence-electron chi connectivity index (χ2n) is 13.4. The molecule has 6 heteroatoms. The first-order valence-electron chi connectivity index (χ1n) is 12.1. The van der Waals surface area contributed by atoms with Crippen LogP contribution in [0.15, 0.2) is 0 Å². The van der Waals surface area contributed by atoms with Gasteiger partial charge in [-0.1, -0.05) is 12.8 Å². The fourth-order valence-electron chi connectivity index (χ4n) is 6.55. The summed E-state index contributed by atoms with van der Waals surface area (Å²) in [6.07, 6.45) is 13.8. The summed E-state index contributed by atoms with van der Waals surface area (Å²) in [5, 5.41) is 2.14. The average Bonchev–Trinajstić information content (AvgIpc) is 3.16. The molecule has 0 aromatic heterocycles. The van der Waals surface area contributed by atoms with Gasteiger partial charge in [-0.2, -0.15) is 12.8 Å². The van der Waals surface area contributed by atoms with Crippen molar-refractivity contribution < 1.29 is 33.0 Å². The predicted octanol–water partition coefficient (Wildman–Crippen LogP) is 10.5. The molecule has 0 bridgehead atoms. The van der Waals surface area contributed by atoms with E-state index in [2.05, 4.69) is 95.9 Å². The summed E-state index contributed by atoms with van der Waals surface area (Å²) in [5.41, 5.74) is 1.92. The van der Waals surface area contributed by atoms with Gasteiger partial charge in [0.05, 0.1) is 20.6 Å². The zero-order chi connectivity index (χ0) is 24.7. The topological polar surface area (TPSA) is 0 Å². The summed E-state index contributed by atoms with van der Waals surface area (Å²) >= 11 is -0.106. The molecular formula is C26H54Cl2FeP2Pd+2. The molecule has 0 spiro atoms. The Morgan fingerprint density at radius 3 is 0.938 bits per heavy atom. The van der Waals surface area contributed by atoms with Crippen molar-refractivity contribution in [2.45, 2.75) is 154 Å². The quantitative estimate of drug-likeness (QED) is 0.157. The number of rotatable bonds is 2. The van der Waals surface area contributed by atoms with Gasteiger partial charge in [0, 0.05) is 0 Å². The molecule has 2 aliphatic rings. The molecule has 198 valence electrons. The van der Waals surface area contributed by atoms with E-state index >= 15 is 0 Å². The molecular weight excluding hydrogens is 607 g/mol. The van der Waals surface area contributed by atoms with Crippen LogP contribution in [0.25, 0.3) is 0 Å². The smallest absolute Gasteiger partial charge is 2.00 e. The molecule has 0 heterocycles. The first-order valence-corrected chi connectivity index (χ1v) is 19.3. The van der Waals surface area contributed by atoms with Crippen LogP contribution in [0.4, 0.5) is 0 Å². The third kappa shape index (κ3) is 13.8. The molecule has 0 radical (unpaired) electrons. The van der Waals surface area contributed by atoms with E-state index in [-0.39, 0.29) is 48.9 Å². The SMILES string of the molecule is CC(C)(C)[PH+](C1[CH-]CCC1)C(C)(C)C.CC(C)(C)[PH+](C1[CH-]CCC1)C(C)(C)C.[Cl][Pd][Cl].[Fe+2]. The van der Waals surface area contributed by atoms with E-state index in [0.717, 1.165) is 11.3 Å². The Morgan fingerprint density at radius 2 is 0.812 bits per heavy atom. The van der Waals surface area contributed by atoms with Crippen molar-refractivity contribution in [1.29, 1.82) is 0 Å². The van der Waals surface area contributed by atoms with E-state index in [1.165, 1.54) is 38.5 Å². The number of hydrogen-bond acceptors (Lipinski definition) is 0. The van der Waals surface area contributed by atoms with E-state index in [1.54, 1.807) is 0 Å². The summed E-state index contributed by atoms with van der Waals surface area (Å²) < 4.78 is 0. The number of hydrogen-bond donors (Lipinski definition) is 0. The molecule has 2 unspecified atom stereocenters. The van der Waals surface area contributed by atoms with Gasteiger partial charge in [0.1, 0.15) is 0 Å². The Balaban J connectivity index is 0. The van der Waals surface area contributed by atoms with Gasteiger partial charge in [0.15, 0.2) is 0 Å². The molecule has 0 aromatic carbocycles. The summed E-state index contributed by atoms with van der Waals surface area (Å²) in [7, 11) is 9.01. The molecule has 0 nitrogen and oxygen atoms in total. The first-order chi connectivity index (χ1) is 13.9. The fraction of sp³-hybridized carbons (Fsp3) is 0.923. The molecule has 0 N–H and O–H groups in total. The van der Waals surface area contributed by atoms with Crippen molar-refractivity contribution in [3.8, 4) is 0 Å². The van der Waals surface area contributed by atoms with Crippen molar-refractivity contribution in [2.75, 3.05) is 0 Å². The molecule has 2 saturated carbocycles.